The van der Waals surface area contributed by atoms with E-state index in [-0.39, 0.29) is 11.8 Å². The van der Waals surface area contributed by atoms with Crippen LogP contribution >= 0.6 is 11.8 Å². The summed E-state index contributed by atoms with van der Waals surface area (Å²) in [5, 5.41) is 2.83. The number of carbonyl (C=O) groups is 2. The Morgan fingerprint density at radius 3 is 2.35 bits per heavy atom. The second-order valence-electron chi connectivity index (χ2n) is 5.28. The SMILES string of the molecule is CCN(CC)C(=O)c1ccc(CNC(=O)[C@@H](N)CCSC)cc1. The number of carbonyl (C=O) groups excluding carboxylic acids is 2. The van der Waals surface area contributed by atoms with E-state index in [0.717, 1.165) is 11.3 Å². The zero-order chi connectivity index (χ0) is 17.2. The van der Waals surface area contributed by atoms with E-state index in [2.05, 4.69) is 5.32 Å². The fourth-order valence-electron chi connectivity index (χ4n) is 2.15. The van der Waals surface area contributed by atoms with Crippen molar-refractivity contribution >= 4 is 23.6 Å². The Morgan fingerprint density at radius 2 is 1.83 bits per heavy atom. The molecule has 0 unspecified atom stereocenters. The summed E-state index contributed by atoms with van der Waals surface area (Å²) in [4.78, 5) is 25.8. The highest BCUT2D eigenvalue weighted by Crippen LogP contribution is 2.08. The van der Waals surface area contributed by atoms with Crippen LogP contribution in [0.4, 0.5) is 0 Å². The molecule has 5 nitrogen and oxygen atoms in total. The fraction of sp³-hybridized carbons (Fsp3) is 0.529. The Morgan fingerprint density at radius 1 is 1.22 bits per heavy atom. The first kappa shape index (κ1) is 19.5. The van der Waals surface area contributed by atoms with Gasteiger partial charge in [0.05, 0.1) is 6.04 Å². The molecule has 0 aromatic heterocycles. The van der Waals surface area contributed by atoms with E-state index in [1.165, 1.54) is 0 Å². The minimum Gasteiger partial charge on any atom is -0.351 e. The minimum atomic E-state index is -0.467. The van der Waals surface area contributed by atoms with Crippen molar-refractivity contribution < 1.29 is 9.59 Å². The summed E-state index contributed by atoms with van der Waals surface area (Å²) in [5.74, 6) is 0.767. The quantitative estimate of drug-likeness (QED) is 0.721. The predicted octanol–water partition coefficient (Wildman–Crippen LogP) is 1.87. The summed E-state index contributed by atoms with van der Waals surface area (Å²) in [6.45, 7) is 5.74. The molecule has 0 radical (unpaired) electrons. The number of rotatable bonds is 9. The van der Waals surface area contributed by atoms with Gasteiger partial charge >= 0.3 is 0 Å². The lowest BCUT2D eigenvalue weighted by molar-refractivity contribution is -0.122. The first-order valence-electron chi connectivity index (χ1n) is 7.93. The summed E-state index contributed by atoms with van der Waals surface area (Å²) in [7, 11) is 0. The van der Waals surface area contributed by atoms with Gasteiger partial charge in [-0.3, -0.25) is 9.59 Å². The van der Waals surface area contributed by atoms with Gasteiger partial charge in [0.25, 0.3) is 5.91 Å². The van der Waals surface area contributed by atoms with Crippen molar-refractivity contribution in [3.8, 4) is 0 Å². The van der Waals surface area contributed by atoms with Gasteiger partial charge in [0, 0.05) is 25.2 Å². The van der Waals surface area contributed by atoms with Crippen molar-refractivity contribution in [2.75, 3.05) is 25.1 Å². The highest BCUT2D eigenvalue weighted by atomic mass is 32.2. The van der Waals surface area contributed by atoms with Gasteiger partial charge in [0.15, 0.2) is 0 Å². The molecule has 1 aromatic rings. The zero-order valence-electron chi connectivity index (χ0n) is 14.2. The largest absolute Gasteiger partial charge is 0.351 e. The van der Waals surface area contributed by atoms with Crippen LogP contribution in [0.15, 0.2) is 24.3 Å². The van der Waals surface area contributed by atoms with Crippen LogP contribution in [0.25, 0.3) is 0 Å². The van der Waals surface area contributed by atoms with E-state index < -0.39 is 6.04 Å². The normalized spacial score (nSPS) is 11.8. The van der Waals surface area contributed by atoms with E-state index in [1.807, 2.05) is 32.2 Å². The van der Waals surface area contributed by atoms with E-state index >= 15 is 0 Å². The van der Waals surface area contributed by atoms with E-state index in [0.29, 0.717) is 31.6 Å². The maximum absolute atomic E-state index is 12.2. The number of nitrogens with zero attached hydrogens (tertiary/aromatic N) is 1. The smallest absolute Gasteiger partial charge is 0.253 e. The van der Waals surface area contributed by atoms with Crippen molar-refractivity contribution in [1.29, 1.82) is 0 Å². The molecule has 0 heterocycles. The molecular formula is C17H27N3O2S. The Kier molecular flexibility index (Phi) is 8.73. The van der Waals surface area contributed by atoms with Gasteiger partial charge in [-0.05, 0) is 50.0 Å². The first-order chi connectivity index (χ1) is 11.0. The number of thioether (sulfide) groups is 1. The summed E-state index contributed by atoms with van der Waals surface area (Å²) in [5.41, 5.74) is 7.44. The summed E-state index contributed by atoms with van der Waals surface area (Å²) in [6.07, 6.45) is 2.66. The molecule has 1 aromatic carbocycles. The van der Waals surface area contributed by atoms with E-state index in [1.54, 1.807) is 28.8 Å². The van der Waals surface area contributed by atoms with Gasteiger partial charge in [0.1, 0.15) is 0 Å². The van der Waals surface area contributed by atoms with Gasteiger partial charge in [-0.15, -0.1) is 0 Å². The molecule has 1 rings (SSSR count). The van der Waals surface area contributed by atoms with Crippen molar-refractivity contribution in [3.05, 3.63) is 35.4 Å². The van der Waals surface area contributed by atoms with Crippen LogP contribution in [0.1, 0.15) is 36.2 Å². The highest BCUT2D eigenvalue weighted by Gasteiger charge is 2.13. The topological polar surface area (TPSA) is 75.4 Å². The number of hydrogen-bond donors (Lipinski definition) is 2. The molecular weight excluding hydrogens is 310 g/mol. The lowest BCUT2D eigenvalue weighted by Crippen LogP contribution is -2.40. The van der Waals surface area contributed by atoms with Crippen LogP contribution in [0.5, 0.6) is 0 Å². The third-order valence-corrected chi connectivity index (χ3v) is 4.33. The highest BCUT2D eigenvalue weighted by molar-refractivity contribution is 7.98. The molecule has 2 amide bonds. The maximum atomic E-state index is 12.2. The first-order valence-corrected chi connectivity index (χ1v) is 9.33. The van der Waals surface area contributed by atoms with Crippen molar-refractivity contribution in [2.24, 2.45) is 5.73 Å². The van der Waals surface area contributed by atoms with Crippen molar-refractivity contribution in [2.45, 2.75) is 32.9 Å². The molecule has 3 N–H and O–H groups in total. The lowest BCUT2D eigenvalue weighted by atomic mass is 10.1. The van der Waals surface area contributed by atoms with Gasteiger partial charge in [-0.25, -0.2) is 0 Å². The third kappa shape index (κ3) is 6.23. The Labute approximate surface area is 143 Å². The molecule has 1 atom stereocenters. The summed E-state index contributed by atoms with van der Waals surface area (Å²) < 4.78 is 0. The van der Waals surface area contributed by atoms with Crippen molar-refractivity contribution in [3.63, 3.8) is 0 Å². The number of benzene rings is 1. The monoisotopic (exact) mass is 337 g/mol. The van der Waals surface area contributed by atoms with Gasteiger partial charge in [-0.1, -0.05) is 12.1 Å². The Hall–Kier alpha value is -1.53. The molecule has 0 fully saturated rings. The van der Waals surface area contributed by atoms with Crippen molar-refractivity contribution in [1.82, 2.24) is 10.2 Å². The lowest BCUT2D eigenvalue weighted by Gasteiger charge is -2.18. The van der Waals surface area contributed by atoms with Gasteiger partial charge in [0.2, 0.25) is 5.91 Å². The molecule has 0 spiro atoms. The van der Waals surface area contributed by atoms with Gasteiger partial charge in [-0.2, -0.15) is 11.8 Å². The molecule has 0 saturated carbocycles. The van der Waals surface area contributed by atoms with E-state index in [4.69, 9.17) is 5.73 Å². The molecule has 6 heteroatoms. The number of nitrogens with one attached hydrogen (secondary N) is 1. The number of amides is 2. The van der Waals surface area contributed by atoms with Crippen LogP contribution in [0.2, 0.25) is 0 Å². The average Bonchev–Trinajstić information content (AvgIpc) is 2.58. The fourth-order valence-corrected chi connectivity index (χ4v) is 2.64. The number of hydrogen-bond acceptors (Lipinski definition) is 4. The zero-order valence-corrected chi connectivity index (χ0v) is 15.0. The predicted molar refractivity (Wildman–Crippen MR) is 96.5 cm³/mol. The van der Waals surface area contributed by atoms with Gasteiger partial charge < -0.3 is 16.0 Å². The van der Waals surface area contributed by atoms with E-state index in [9.17, 15) is 9.59 Å². The average molecular weight is 337 g/mol. The Bertz CT molecular complexity index is 501. The summed E-state index contributed by atoms with van der Waals surface area (Å²) >= 11 is 1.68. The molecule has 0 aliphatic carbocycles. The summed E-state index contributed by atoms with van der Waals surface area (Å²) in [6, 6.07) is 6.87. The van der Waals surface area contributed by atoms with Crippen LogP contribution in [0, 0.1) is 0 Å². The van der Waals surface area contributed by atoms with Crippen LogP contribution < -0.4 is 11.1 Å². The van der Waals surface area contributed by atoms with Crippen LogP contribution in [0.3, 0.4) is 0 Å². The molecule has 0 saturated heterocycles. The molecule has 128 valence electrons. The standard InChI is InChI=1S/C17H27N3O2S/c1-4-20(5-2)17(22)14-8-6-13(7-9-14)12-19-16(21)15(18)10-11-23-3/h6-9,15H,4-5,10-12,18H2,1-3H3,(H,19,21)/t15-/m0/s1. The molecule has 0 bridgehead atoms. The maximum Gasteiger partial charge on any atom is 0.253 e. The van der Waals surface area contributed by atoms with Crippen LogP contribution in [-0.2, 0) is 11.3 Å². The minimum absolute atomic E-state index is 0.0321. The molecule has 23 heavy (non-hydrogen) atoms. The molecule has 0 aliphatic heterocycles. The number of nitrogens with two attached hydrogens (primary N) is 1. The molecule has 0 aliphatic rings. The third-order valence-electron chi connectivity index (χ3n) is 3.69. The van der Waals surface area contributed by atoms with Crippen LogP contribution in [-0.4, -0.2) is 47.9 Å². The Balaban J connectivity index is 2.54. The second-order valence-corrected chi connectivity index (χ2v) is 6.27. The second kappa shape index (κ2) is 10.3.